The number of benzene rings is 1. The van der Waals surface area contributed by atoms with Crippen molar-refractivity contribution in [1.29, 1.82) is 0 Å². The lowest BCUT2D eigenvalue weighted by Crippen LogP contribution is -2.33. The average Bonchev–Trinajstić information content (AvgIpc) is 2.62. The van der Waals surface area contributed by atoms with Gasteiger partial charge in [0.2, 0.25) is 5.91 Å². The van der Waals surface area contributed by atoms with Crippen molar-refractivity contribution in [2.24, 2.45) is 0 Å². The highest BCUT2D eigenvalue weighted by Gasteiger charge is 2.11. The Morgan fingerprint density at radius 3 is 2.15 bits per heavy atom. The standard InChI is InChI=1S/C21H30N2O3/c24-21(16-15-18-11-10-14-20(17-18)23(25)26)22-19-12-8-6-4-2-1-3-5-7-9-13-19/h10-11,14-17,19H,1-9,12-13H2,(H,22,24)/b16-15+. The highest BCUT2D eigenvalue weighted by Crippen LogP contribution is 2.17. The van der Waals surface area contributed by atoms with Crippen molar-refractivity contribution in [3.8, 4) is 0 Å². The minimum Gasteiger partial charge on any atom is -0.350 e. The average molecular weight is 358 g/mol. The molecule has 0 aromatic heterocycles. The fourth-order valence-electron chi connectivity index (χ4n) is 3.47. The summed E-state index contributed by atoms with van der Waals surface area (Å²) in [6.07, 6.45) is 16.7. The lowest BCUT2D eigenvalue weighted by Gasteiger charge is -2.18. The Labute approximate surface area is 156 Å². The molecule has 142 valence electrons. The molecule has 0 heterocycles. The molecule has 1 N–H and O–H groups in total. The Balaban J connectivity index is 1.86. The van der Waals surface area contributed by atoms with E-state index < -0.39 is 4.92 Å². The van der Waals surface area contributed by atoms with Gasteiger partial charge in [-0.2, -0.15) is 0 Å². The monoisotopic (exact) mass is 358 g/mol. The molecular weight excluding hydrogens is 328 g/mol. The summed E-state index contributed by atoms with van der Waals surface area (Å²) in [5.41, 5.74) is 0.694. The van der Waals surface area contributed by atoms with E-state index in [1.807, 2.05) is 0 Å². The molecule has 1 amide bonds. The summed E-state index contributed by atoms with van der Waals surface area (Å²) in [7, 11) is 0. The summed E-state index contributed by atoms with van der Waals surface area (Å²) in [5.74, 6) is -0.117. The minimum atomic E-state index is -0.428. The van der Waals surface area contributed by atoms with Crippen molar-refractivity contribution in [2.75, 3.05) is 0 Å². The zero-order valence-corrected chi connectivity index (χ0v) is 15.5. The van der Waals surface area contributed by atoms with E-state index in [0.717, 1.165) is 12.8 Å². The molecule has 0 atom stereocenters. The first-order valence-electron chi connectivity index (χ1n) is 9.88. The third kappa shape index (κ3) is 7.81. The number of rotatable bonds is 4. The Hall–Kier alpha value is -2.17. The second-order valence-electron chi connectivity index (χ2n) is 7.15. The second-order valence-corrected chi connectivity index (χ2v) is 7.15. The summed E-state index contributed by atoms with van der Waals surface area (Å²) in [5, 5.41) is 13.9. The Bertz CT molecular complexity index is 601. The zero-order valence-electron chi connectivity index (χ0n) is 15.5. The molecule has 5 heteroatoms. The van der Waals surface area contributed by atoms with Gasteiger partial charge in [-0.25, -0.2) is 0 Å². The van der Waals surface area contributed by atoms with Gasteiger partial charge in [0.05, 0.1) is 4.92 Å². The summed E-state index contributed by atoms with van der Waals surface area (Å²) in [6, 6.07) is 6.54. The molecule has 1 fully saturated rings. The van der Waals surface area contributed by atoms with E-state index in [0.29, 0.717) is 5.56 Å². The van der Waals surface area contributed by atoms with Crippen LogP contribution in [0.15, 0.2) is 30.3 Å². The lowest BCUT2D eigenvalue weighted by molar-refractivity contribution is -0.384. The van der Waals surface area contributed by atoms with Gasteiger partial charge in [0, 0.05) is 24.3 Å². The van der Waals surface area contributed by atoms with E-state index in [-0.39, 0.29) is 17.6 Å². The van der Waals surface area contributed by atoms with Crippen LogP contribution in [-0.4, -0.2) is 16.9 Å². The van der Waals surface area contributed by atoms with Gasteiger partial charge in [-0.15, -0.1) is 0 Å². The molecule has 0 unspecified atom stereocenters. The third-order valence-electron chi connectivity index (χ3n) is 4.96. The first-order chi connectivity index (χ1) is 12.6. The number of hydrogen-bond donors (Lipinski definition) is 1. The number of nitro benzene ring substituents is 1. The Kier molecular flexibility index (Phi) is 8.87. The van der Waals surface area contributed by atoms with Crippen molar-refractivity contribution < 1.29 is 9.72 Å². The molecule has 26 heavy (non-hydrogen) atoms. The number of non-ortho nitro benzene ring substituents is 1. The maximum atomic E-state index is 12.2. The van der Waals surface area contributed by atoms with Gasteiger partial charge < -0.3 is 5.32 Å². The first-order valence-corrected chi connectivity index (χ1v) is 9.88. The number of hydrogen-bond acceptors (Lipinski definition) is 3. The Morgan fingerprint density at radius 2 is 1.58 bits per heavy atom. The van der Waals surface area contributed by atoms with Crippen LogP contribution < -0.4 is 5.32 Å². The molecule has 1 aliphatic carbocycles. The van der Waals surface area contributed by atoms with Crippen LogP contribution in [0.2, 0.25) is 0 Å². The van der Waals surface area contributed by atoms with Gasteiger partial charge >= 0.3 is 0 Å². The van der Waals surface area contributed by atoms with Crippen LogP contribution in [0.4, 0.5) is 5.69 Å². The van der Waals surface area contributed by atoms with Crippen LogP contribution in [0, 0.1) is 10.1 Å². The van der Waals surface area contributed by atoms with Crippen molar-refractivity contribution in [3.05, 3.63) is 46.0 Å². The smallest absolute Gasteiger partial charge is 0.270 e. The molecule has 0 saturated heterocycles. The van der Waals surface area contributed by atoms with E-state index in [2.05, 4.69) is 5.32 Å². The first kappa shape index (κ1) is 20.1. The summed E-state index contributed by atoms with van der Waals surface area (Å²) < 4.78 is 0. The number of nitrogens with one attached hydrogen (secondary N) is 1. The molecular formula is C21H30N2O3. The maximum Gasteiger partial charge on any atom is 0.270 e. The molecule has 0 spiro atoms. The van der Waals surface area contributed by atoms with Crippen molar-refractivity contribution in [2.45, 2.75) is 76.7 Å². The summed E-state index contributed by atoms with van der Waals surface area (Å²) in [6.45, 7) is 0. The van der Waals surface area contributed by atoms with Crippen LogP contribution in [0.3, 0.4) is 0 Å². The van der Waals surface area contributed by atoms with E-state index >= 15 is 0 Å². The van der Waals surface area contributed by atoms with Crippen LogP contribution in [0.5, 0.6) is 0 Å². The molecule has 2 rings (SSSR count). The lowest BCUT2D eigenvalue weighted by atomic mass is 9.98. The van der Waals surface area contributed by atoms with Gasteiger partial charge in [-0.05, 0) is 24.5 Å². The van der Waals surface area contributed by atoms with Gasteiger partial charge in [-0.3, -0.25) is 14.9 Å². The molecule has 1 aromatic rings. The third-order valence-corrected chi connectivity index (χ3v) is 4.96. The molecule has 0 bridgehead atoms. The second kappa shape index (κ2) is 11.4. The van der Waals surface area contributed by atoms with Crippen LogP contribution >= 0.6 is 0 Å². The van der Waals surface area contributed by atoms with Crippen molar-refractivity contribution >= 4 is 17.7 Å². The fraction of sp³-hybridized carbons (Fsp3) is 0.571. The zero-order chi connectivity index (χ0) is 18.6. The van der Waals surface area contributed by atoms with E-state index in [4.69, 9.17) is 0 Å². The van der Waals surface area contributed by atoms with E-state index in [1.165, 1.54) is 76.0 Å². The number of nitrogens with zero attached hydrogens (tertiary/aromatic N) is 1. The van der Waals surface area contributed by atoms with Crippen molar-refractivity contribution in [3.63, 3.8) is 0 Å². The number of nitro groups is 1. The predicted octanol–water partition coefficient (Wildman–Crippen LogP) is 5.40. The highest BCUT2D eigenvalue weighted by atomic mass is 16.6. The number of carbonyl (C=O) groups excluding carboxylic acids is 1. The van der Waals surface area contributed by atoms with Gasteiger partial charge in [-0.1, -0.05) is 69.9 Å². The molecule has 0 aliphatic heterocycles. The van der Waals surface area contributed by atoms with Gasteiger partial charge in [0.1, 0.15) is 0 Å². The molecule has 5 nitrogen and oxygen atoms in total. The quantitative estimate of drug-likeness (QED) is 0.445. The molecule has 1 aliphatic rings. The number of carbonyl (C=O) groups is 1. The largest absolute Gasteiger partial charge is 0.350 e. The highest BCUT2D eigenvalue weighted by molar-refractivity contribution is 5.92. The van der Waals surface area contributed by atoms with E-state index in [9.17, 15) is 14.9 Å². The van der Waals surface area contributed by atoms with Crippen molar-refractivity contribution in [1.82, 2.24) is 5.32 Å². The molecule has 1 saturated carbocycles. The van der Waals surface area contributed by atoms with Crippen LogP contribution in [0.25, 0.3) is 6.08 Å². The SMILES string of the molecule is O=C(/C=C/c1cccc([N+](=O)[O-])c1)NC1CCCCCCCCCCC1. The summed E-state index contributed by atoms with van der Waals surface area (Å²) >= 11 is 0. The summed E-state index contributed by atoms with van der Waals surface area (Å²) in [4.78, 5) is 22.6. The fourth-order valence-corrected chi connectivity index (χ4v) is 3.47. The van der Waals surface area contributed by atoms with Crippen LogP contribution in [0.1, 0.15) is 76.2 Å². The predicted molar refractivity (Wildman–Crippen MR) is 105 cm³/mol. The Morgan fingerprint density at radius 1 is 1.00 bits per heavy atom. The van der Waals surface area contributed by atoms with Gasteiger partial charge in [0.25, 0.3) is 5.69 Å². The minimum absolute atomic E-state index is 0.0341. The van der Waals surface area contributed by atoms with E-state index in [1.54, 1.807) is 18.2 Å². The van der Waals surface area contributed by atoms with Gasteiger partial charge in [0.15, 0.2) is 0 Å². The molecule has 1 aromatic carbocycles. The topological polar surface area (TPSA) is 72.2 Å². The number of amides is 1. The normalized spacial score (nSPS) is 18.0. The molecule has 0 radical (unpaired) electrons. The van der Waals surface area contributed by atoms with Crippen LogP contribution in [-0.2, 0) is 4.79 Å². The maximum absolute atomic E-state index is 12.2.